The van der Waals surface area contributed by atoms with Crippen LogP contribution in [0.3, 0.4) is 0 Å². The fraction of sp³-hybridized carbons (Fsp3) is 0.500. The van der Waals surface area contributed by atoms with E-state index in [-0.39, 0.29) is 54.3 Å². The van der Waals surface area contributed by atoms with Crippen molar-refractivity contribution in [1.29, 1.82) is 0 Å². The second kappa shape index (κ2) is 12.4. The molecular formula is C26H33FN6O7. The number of cyclic esters (lactones) is 1. The van der Waals surface area contributed by atoms with Crippen LogP contribution < -0.4 is 30.7 Å². The van der Waals surface area contributed by atoms with Crippen LogP contribution in [-0.2, 0) is 27.2 Å². The minimum absolute atomic E-state index is 0.119. The molecule has 5 rings (SSSR count). The summed E-state index contributed by atoms with van der Waals surface area (Å²) in [5.41, 5.74) is 7.20. The molecule has 1 aliphatic carbocycles. The molecule has 2 aliphatic heterocycles. The van der Waals surface area contributed by atoms with Gasteiger partial charge in [-0.05, 0) is 69.3 Å². The van der Waals surface area contributed by atoms with Crippen molar-refractivity contribution in [2.75, 3.05) is 43.1 Å². The molecule has 3 aliphatic rings. The number of amides is 2. The summed E-state index contributed by atoms with van der Waals surface area (Å²) >= 11 is 0. The molecule has 0 spiro atoms. The van der Waals surface area contributed by atoms with Crippen LogP contribution in [0.4, 0.5) is 20.8 Å². The Kier molecular flexibility index (Phi) is 9.00. The number of carbonyl (C=O) groups excluding carboxylic acids is 2. The molecule has 1 aromatic heterocycles. The van der Waals surface area contributed by atoms with Crippen molar-refractivity contribution >= 4 is 30.1 Å². The Bertz CT molecular complexity index is 1250. The number of nitrogens with one attached hydrogen (secondary N) is 2. The molecule has 1 fully saturated rings. The number of halogens is 1. The van der Waals surface area contributed by atoms with E-state index in [4.69, 9.17) is 29.8 Å². The van der Waals surface area contributed by atoms with Crippen molar-refractivity contribution in [1.82, 2.24) is 15.3 Å². The topological polar surface area (TPSA) is 178 Å². The lowest BCUT2D eigenvalue weighted by atomic mass is 10.1. The summed E-state index contributed by atoms with van der Waals surface area (Å²) in [5, 5.41) is 12.9. The van der Waals surface area contributed by atoms with E-state index in [0.717, 1.165) is 24.1 Å². The van der Waals surface area contributed by atoms with Gasteiger partial charge in [0.05, 0.1) is 12.7 Å². The third kappa shape index (κ3) is 7.33. The van der Waals surface area contributed by atoms with Gasteiger partial charge in [-0.2, -0.15) is 0 Å². The van der Waals surface area contributed by atoms with E-state index >= 15 is 0 Å². The van der Waals surface area contributed by atoms with Gasteiger partial charge in [0.25, 0.3) is 18.3 Å². The molecule has 0 bridgehead atoms. The largest absolute Gasteiger partial charge is 0.492 e. The zero-order chi connectivity index (χ0) is 28.9. The molecule has 2 atom stereocenters. The lowest BCUT2D eigenvalue weighted by Gasteiger charge is -2.19. The smallest absolute Gasteiger partial charge is 0.415 e. The number of rotatable bonds is 9. The normalized spacial score (nSPS) is 19.4. The number of carboxylic acid groups (broad SMARTS) is 1. The highest BCUT2D eigenvalue weighted by Gasteiger charge is 2.34. The van der Waals surface area contributed by atoms with Crippen LogP contribution in [0.15, 0.2) is 18.3 Å². The molecular weight excluding hydrogens is 527 g/mol. The Labute approximate surface area is 230 Å². The third-order valence-electron chi connectivity index (χ3n) is 6.42. The van der Waals surface area contributed by atoms with Gasteiger partial charge in [0.15, 0.2) is 18.2 Å². The molecule has 13 nitrogen and oxygen atoms in total. The summed E-state index contributed by atoms with van der Waals surface area (Å²) in [7, 11) is 0. The molecule has 1 unspecified atom stereocenters. The Morgan fingerprint density at radius 1 is 1.35 bits per heavy atom. The number of ether oxygens (including phenoxy) is 3. The summed E-state index contributed by atoms with van der Waals surface area (Å²) in [6.07, 6.45) is 2.64. The van der Waals surface area contributed by atoms with Crippen LogP contribution >= 0.6 is 0 Å². The van der Waals surface area contributed by atoms with Crippen molar-refractivity contribution in [3.63, 3.8) is 0 Å². The highest BCUT2D eigenvalue weighted by molar-refractivity contribution is 5.94. The highest BCUT2D eigenvalue weighted by Crippen LogP contribution is 2.33. The van der Waals surface area contributed by atoms with Crippen molar-refractivity contribution in [2.24, 2.45) is 11.7 Å². The molecule has 0 radical (unpaired) electrons. The number of nitrogens with two attached hydrogens (primary N) is 1. The van der Waals surface area contributed by atoms with Crippen LogP contribution in [0.5, 0.6) is 11.6 Å². The standard InChI is InChI=1S/C25H31FN6O5.CH2O2/c1-25(2,27)13-36-17-7-15-5-14(6-18(15)19(26)8-17)9-28-4-3-16-11-32(24(34)37-16)20-10-29-23-22(30-20)31-21(33)12-35-23;2-1-3/h7-8,10,14,16,28H,3-6,9,11-13,27H2,1-2H3,(H,30,31,33);1H,(H,2,3)/t14?,16-;/m1./s1. The molecule has 14 heteroatoms. The lowest BCUT2D eigenvalue weighted by Crippen LogP contribution is -2.38. The molecule has 40 heavy (non-hydrogen) atoms. The number of fused-ring (bicyclic) bond motifs is 2. The first kappa shape index (κ1) is 29.0. The van der Waals surface area contributed by atoms with E-state index < -0.39 is 11.6 Å². The van der Waals surface area contributed by atoms with Gasteiger partial charge >= 0.3 is 6.09 Å². The molecule has 1 aromatic carbocycles. The van der Waals surface area contributed by atoms with Crippen LogP contribution in [-0.4, -0.2) is 78.0 Å². The van der Waals surface area contributed by atoms with Crippen LogP contribution in [0.2, 0.25) is 0 Å². The fourth-order valence-electron chi connectivity index (χ4n) is 4.66. The van der Waals surface area contributed by atoms with E-state index in [1.165, 1.54) is 17.2 Å². The first-order valence-electron chi connectivity index (χ1n) is 12.9. The van der Waals surface area contributed by atoms with Gasteiger partial charge < -0.3 is 35.7 Å². The quantitative estimate of drug-likeness (QED) is 0.258. The van der Waals surface area contributed by atoms with Gasteiger partial charge in [0, 0.05) is 11.6 Å². The maximum Gasteiger partial charge on any atom is 0.415 e. The van der Waals surface area contributed by atoms with Crippen LogP contribution in [0, 0.1) is 11.7 Å². The Morgan fingerprint density at radius 3 is 2.88 bits per heavy atom. The van der Waals surface area contributed by atoms with Gasteiger partial charge in [-0.3, -0.25) is 14.5 Å². The first-order chi connectivity index (χ1) is 19.1. The summed E-state index contributed by atoms with van der Waals surface area (Å²) in [4.78, 5) is 42.1. The molecule has 2 amide bonds. The SMILES string of the molecule is CC(C)(N)COc1cc(F)c2c(c1)CC(CNCC[C@@H]1CN(c3cnc4c(n3)NC(=O)CO4)C(=O)O1)C2.O=CO. The molecule has 5 N–H and O–H groups in total. The van der Waals surface area contributed by atoms with Crippen molar-refractivity contribution in [3.05, 3.63) is 35.3 Å². The predicted molar refractivity (Wildman–Crippen MR) is 141 cm³/mol. The number of benzene rings is 1. The van der Waals surface area contributed by atoms with Gasteiger partial charge in [-0.15, -0.1) is 0 Å². The van der Waals surface area contributed by atoms with Crippen LogP contribution in [0.25, 0.3) is 0 Å². The Morgan fingerprint density at radius 2 is 2.12 bits per heavy atom. The second-order valence-corrected chi connectivity index (χ2v) is 10.5. The van der Waals surface area contributed by atoms with Crippen molar-refractivity contribution < 1.29 is 38.1 Å². The second-order valence-electron chi connectivity index (χ2n) is 10.5. The number of anilines is 2. The monoisotopic (exact) mass is 560 g/mol. The predicted octanol–water partition coefficient (Wildman–Crippen LogP) is 1.48. The fourth-order valence-corrected chi connectivity index (χ4v) is 4.66. The van der Waals surface area contributed by atoms with E-state index in [1.54, 1.807) is 0 Å². The van der Waals surface area contributed by atoms with E-state index in [2.05, 4.69) is 20.6 Å². The number of hydrogen-bond donors (Lipinski definition) is 4. The van der Waals surface area contributed by atoms with E-state index in [0.29, 0.717) is 38.3 Å². The summed E-state index contributed by atoms with van der Waals surface area (Å²) in [6.45, 7) is 5.35. The Hall–Kier alpha value is -4.04. The molecule has 3 heterocycles. The van der Waals surface area contributed by atoms with Crippen LogP contribution in [0.1, 0.15) is 31.4 Å². The zero-order valence-corrected chi connectivity index (χ0v) is 22.3. The average Bonchev–Trinajstić information content (AvgIpc) is 3.48. The number of aromatic nitrogens is 2. The van der Waals surface area contributed by atoms with E-state index in [1.807, 2.05) is 19.9 Å². The molecule has 0 saturated carbocycles. The summed E-state index contributed by atoms with van der Waals surface area (Å²) in [5.74, 6) is 0.903. The molecule has 2 aromatic rings. The highest BCUT2D eigenvalue weighted by atomic mass is 19.1. The average molecular weight is 561 g/mol. The van der Waals surface area contributed by atoms with Gasteiger partial charge in [0.1, 0.15) is 24.3 Å². The summed E-state index contributed by atoms with van der Waals surface area (Å²) < 4.78 is 31.0. The minimum atomic E-state index is -0.514. The summed E-state index contributed by atoms with van der Waals surface area (Å²) in [6, 6.07) is 3.35. The Balaban J connectivity index is 0.00000118. The van der Waals surface area contributed by atoms with Gasteiger partial charge in [-0.25, -0.2) is 19.2 Å². The number of nitrogens with zero attached hydrogens (tertiary/aromatic N) is 3. The third-order valence-corrected chi connectivity index (χ3v) is 6.42. The van der Waals surface area contributed by atoms with Crippen molar-refractivity contribution in [2.45, 2.75) is 44.8 Å². The van der Waals surface area contributed by atoms with E-state index in [9.17, 15) is 14.0 Å². The lowest BCUT2D eigenvalue weighted by molar-refractivity contribution is -0.123. The molecule has 1 saturated heterocycles. The van der Waals surface area contributed by atoms with Gasteiger partial charge in [-0.1, -0.05) is 0 Å². The van der Waals surface area contributed by atoms with Crippen molar-refractivity contribution in [3.8, 4) is 11.6 Å². The maximum absolute atomic E-state index is 14.6. The van der Waals surface area contributed by atoms with Gasteiger partial charge in [0.2, 0.25) is 0 Å². The number of hydrogen-bond acceptors (Lipinski definition) is 10. The maximum atomic E-state index is 14.6. The zero-order valence-electron chi connectivity index (χ0n) is 22.3. The number of carbonyl (C=O) groups is 3. The minimum Gasteiger partial charge on any atom is -0.492 e. The first-order valence-corrected chi connectivity index (χ1v) is 12.9. The molecule has 216 valence electrons.